The first kappa shape index (κ1) is 19.3. The molecule has 0 aromatic heterocycles. The number of hydrogen-bond donors (Lipinski definition) is 1. The maximum absolute atomic E-state index is 12.6. The number of amides is 1. The standard InChI is InChI=1S/C18H18F2N2O4/c1-2-14(13-8-4-6-10-16(13)26-18(19)20)21-17(23)11-12-7-3-5-9-15(12)22(24)25/h3-10,14,18H,2,11H2,1H3,(H,21,23). The third-order valence-electron chi connectivity index (χ3n) is 3.79. The molecule has 2 aromatic carbocycles. The Bertz CT molecular complexity index is 783. The molecular formula is C18H18F2N2O4. The number of hydrogen-bond acceptors (Lipinski definition) is 4. The first-order valence-corrected chi connectivity index (χ1v) is 7.97. The minimum atomic E-state index is -2.98. The van der Waals surface area contributed by atoms with E-state index < -0.39 is 23.5 Å². The van der Waals surface area contributed by atoms with Crippen LogP contribution in [0.25, 0.3) is 0 Å². The summed E-state index contributed by atoms with van der Waals surface area (Å²) in [6.45, 7) is -1.19. The lowest BCUT2D eigenvalue weighted by molar-refractivity contribution is -0.385. The number of benzene rings is 2. The van der Waals surface area contributed by atoms with E-state index in [1.807, 2.05) is 0 Å². The molecule has 0 spiro atoms. The predicted molar refractivity (Wildman–Crippen MR) is 91.0 cm³/mol. The zero-order chi connectivity index (χ0) is 19.1. The number of carbonyl (C=O) groups excluding carboxylic acids is 1. The lowest BCUT2D eigenvalue weighted by Gasteiger charge is -2.20. The van der Waals surface area contributed by atoms with Gasteiger partial charge in [-0.1, -0.05) is 43.3 Å². The number of nitrogens with one attached hydrogen (secondary N) is 1. The van der Waals surface area contributed by atoms with Gasteiger partial charge < -0.3 is 10.1 Å². The third kappa shape index (κ3) is 4.98. The van der Waals surface area contributed by atoms with Crippen LogP contribution in [0.15, 0.2) is 48.5 Å². The smallest absolute Gasteiger partial charge is 0.387 e. The summed E-state index contributed by atoms with van der Waals surface area (Å²) in [5, 5.41) is 13.8. The van der Waals surface area contributed by atoms with E-state index in [4.69, 9.17) is 0 Å². The summed E-state index contributed by atoms with van der Waals surface area (Å²) in [4.78, 5) is 22.8. The Kier molecular flexibility index (Phi) is 6.60. The highest BCUT2D eigenvalue weighted by Gasteiger charge is 2.21. The van der Waals surface area contributed by atoms with Gasteiger partial charge in [0, 0.05) is 17.2 Å². The quantitative estimate of drug-likeness (QED) is 0.567. The number of nitrogens with zero attached hydrogens (tertiary/aromatic N) is 1. The number of halogens is 2. The molecule has 0 fully saturated rings. The zero-order valence-corrected chi connectivity index (χ0v) is 14.0. The summed E-state index contributed by atoms with van der Waals surface area (Å²) in [5.41, 5.74) is 0.560. The van der Waals surface area contributed by atoms with Gasteiger partial charge in [-0.25, -0.2) is 0 Å². The monoisotopic (exact) mass is 364 g/mol. The molecule has 2 rings (SSSR count). The number of rotatable bonds is 8. The van der Waals surface area contributed by atoms with Crippen LogP contribution in [0.2, 0.25) is 0 Å². The maximum atomic E-state index is 12.6. The van der Waals surface area contributed by atoms with Crippen LogP contribution < -0.4 is 10.1 Å². The normalized spacial score (nSPS) is 11.8. The molecule has 1 atom stereocenters. The lowest BCUT2D eigenvalue weighted by Crippen LogP contribution is -2.30. The van der Waals surface area contributed by atoms with Crippen molar-refractivity contribution in [1.29, 1.82) is 0 Å². The molecule has 8 heteroatoms. The Morgan fingerprint density at radius 3 is 2.50 bits per heavy atom. The average Bonchev–Trinajstić information content (AvgIpc) is 2.60. The first-order chi connectivity index (χ1) is 12.4. The predicted octanol–water partition coefficient (Wildman–Crippen LogP) is 4.01. The van der Waals surface area contributed by atoms with Crippen molar-refractivity contribution in [2.45, 2.75) is 32.4 Å². The van der Waals surface area contributed by atoms with Crippen LogP contribution in [0.4, 0.5) is 14.5 Å². The summed E-state index contributed by atoms with van der Waals surface area (Å²) >= 11 is 0. The van der Waals surface area contributed by atoms with Crippen LogP contribution in [0.5, 0.6) is 5.75 Å². The molecule has 138 valence electrons. The molecule has 0 radical (unpaired) electrons. The maximum Gasteiger partial charge on any atom is 0.387 e. The molecular weight excluding hydrogens is 346 g/mol. The molecule has 1 amide bonds. The topological polar surface area (TPSA) is 81.5 Å². The second kappa shape index (κ2) is 8.89. The van der Waals surface area contributed by atoms with Gasteiger partial charge in [0.2, 0.25) is 5.91 Å². The highest BCUT2D eigenvalue weighted by molar-refractivity contribution is 5.80. The zero-order valence-electron chi connectivity index (χ0n) is 14.0. The van der Waals surface area contributed by atoms with E-state index in [1.165, 1.54) is 24.3 Å². The van der Waals surface area contributed by atoms with Crippen molar-refractivity contribution < 1.29 is 23.2 Å². The van der Waals surface area contributed by atoms with Crippen LogP contribution >= 0.6 is 0 Å². The molecule has 0 aliphatic rings. The van der Waals surface area contributed by atoms with Gasteiger partial charge in [-0.05, 0) is 12.5 Å². The number of alkyl halides is 2. The number of nitro benzene ring substituents is 1. The van der Waals surface area contributed by atoms with E-state index in [0.717, 1.165) is 0 Å². The number of carbonyl (C=O) groups is 1. The summed E-state index contributed by atoms with van der Waals surface area (Å²) in [6, 6.07) is 11.6. The van der Waals surface area contributed by atoms with Crippen molar-refractivity contribution in [2.75, 3.05) is 0 Å². The van der Waals surface area contributed by atoms with Gasteiger partial charge in [0.15, 0.2) is 0 Å². The van der Waals surface area contributed by atoms with Crippen molar-refractivity contribution >= 4 is 11.6 Å². The van der Waals surface area contributed by atoms with Crippen molar-refractivity contribution in [3.8, 4) is 5.75 Å². The summed E-state index contributed by atoms with van der Waals surface area (Å²) < 4.78 is 29.6. The van der Waals surface area contributed by atoms with Crippen molar-refractivity contribution in [3.05, 3.63) is 69.8 Å². The Morgan fingerprint density at radius 2 is 1.85 bits per heavy atom. The van der Waals surface area contributed by atoms with E-state index in [0.29, 0.717) is 12.0 Å². The van der Waals surface area contributed by atoms with Crippen LogP contribution in [-0.2, 0) is 11.2 Å². The van der Waals surface area contributed by atoms with Crippen molar-refractivity contribution in [1.82, 2.24) is 5.32 Å². The van der Waals surface area contributed by atoms with Gasteiger partial charge in [0.1, 0.15) is 5.75 Å². The molecule has 0 aliphatic heterocycles. The van der Waals surface area contributed by atoms with Gasteiger partial charge in [-0.15, -0.1) is 0 Å². The van der Waals surface area contributed by atoms with Gasteiger partial charge in [-0.2, -0.15) is 8.78 Å². The largest absolute Gasteiger partial charge is 0.434 e. The Morgan fingerprint density at radius 1 is 1.19 bits per heavy atom. The van der Waals surface area contributed by atoms with Crippen LogP contribution in [0.3, 0.4) is 0 Å². The molecule has 0 bridgehead atoms. The van der Waals surface area contributed by atoms with Gasteiger partial charge in [0.05, 0.1) is 17.4 Å². The van der Waals surface area contributed by atoms with Crippen molar-refractivity contribution in [3.63, 3.8) is 0 Å². The van der Waals surface area contributed by atoms with E-state index in [1.54, 1.807) is 31.2 Å². The Balaban J connectivity index is 2.16. The second-order valence-electron chi connectivity index (χ2n) is 5.51. The summed E-state index contributed by atoms with van der Waals surface area (Å²) in [5.74, 6) is -0.460. The van der Waals surface area contributed by atoms with E-state index >= 15 is 0 Å². The Hall–Kier alpha value is -3.03. The molecule has 6 nitrogen and oxygen atoms in total. The summed E-state index contributed by atoms with van der Waals surface area (Å²) in [6.07, 6.45) is 0.248. The summed E-state index contributed by atoms with van der Waals surface area (Å²) in [7, 11) is 0. The molecule has 2 aromatic rings. The van der Waals surface area contributed by atoms with Gasteiger partial charge in [0.25, 0.3) is 5.69 Å². The highest BCUT2D eigenvalue weighted by Crippen LogP contribution is 2.28. The minimum absolute atomic E-state index is 0.0136. The number of nitro groups is 1. The van der Waals surface area contributed by atoms with Gasteiger partial charge in [-0.3, -0.25) is 14.9 Å². The van der Waals surface area contributed by atoms with Crippen molar-refractivity contribution in [2.24, 2.45) is 0 Å². The minimum Gasteiger partial charge on any atom is -0.434 e. The van der Waals surface area contributed by atoms with Crippen LogP contribution in [-0.4, -0.2) is 17.4 Å². The fourth-order valence-electron chi connectivity index (χ4n) is 2.63. The third-order valence-corrected chi connectivity index (χ3v) is 3.79. The van der Waals surface area contributed by atoms with Crippen LogP contribution in [0.1, 0.15) is 30.5 Å². The van der Waals surface area contributed by atoms with E-state index in [2.05, 4.69) is 10.1 Å². The number of ether oxygens (including phenoxy) is 1. The molecule has 26 heavy (non-hydrogen) atoms. The lowest BCUT2D eigenvalue weighted by atomic mass is 10.0. The number of para-hydroxylation sites is 2. The second-order valence-corrected chi connectivity index (χ2v) is 5.51. The molecule has 0 saturated heterocycles. The fraction of sp³-hybridized carbons (Fsp3) is 0.278. The SMILES string of the molecule is CCC(NC(=O)Cc1ccccc1[N+](=O)[O-])c1ccccc1OC(F)F. The first-order valence-electron chi connectivity index (χ1n) is 7.97. The molecule has 0 heterocycles. The van der Waals surface area contributed by atoms with Gasteiger partial charge >= 0.3 is 6.61 Å². The molecule has 1 unspecified atom stereocenters. The fourth-order valence-corrected chi connectivity index (χ4v) is 2.63. The molecule has 0 aliphatic carbocycles. The molecule has 1 N–H and O–H groups in total. The van der Waals surface area contributed by atoms with Crippen LogP contribution in [0, 0.1) is 10.1 Å². The van der Waals surface area contributed by atoms with E-state index in [-0.39, 0.29) is 23.4 Å². The highest BCUT2D eigenvalue weighted by atomic mass is 19.3. The van der Waals surface area contributed by atoms with E-state index in [9.17, 15) is 23.7 Å². The Labute approximate surface area is 148 Å². The molecule has 0 saturated carbocycles. The average molecular weight is 364 g/mol.